The molecule has 1 aromatic heterocycles. The van der Waals surface area contributed by atoms with Crippen LogP contribution in [0.15, 0.2) is 28.7 Å². The van der Waals surface area contributed by atoms with Gasteiger partial charge in [0.1, 0.15) is 6.61 Å². The Balaban J connectivity index is 1.64. The fraction of sp³-hybridized carbons (Fsp3) is 0.421. The van der Waals surface area contributed by atoms with Gasteiger partial charge in [-0.15, -0.1) is 6.42 Å². The van der Waals surface area contributed by atoms with Crippen LogP contribution in [-0.2, 0) is 4.74 Å². The van der Waals surface area contributed by atoms with Crippen LogP contribution in [0.2, 0.25) is 0 Å². The van der Waals surface area contributed by atoms with Crippen molar-refractivity contribution in [2.75, 3.05) is 33.4 Å². The summed E-state index contributed by atoms with van der Waals surface area (Å²) < 4.78 is 16.4. The number of terminal acetylenes is 1. The molecule has 0 saturated carbocycles. The molecule has 1 aromatic carbocycles. The van der Waals surface area contributed by atoms with Crippen LogP contribution in [-0.4, -0.2) is 44.2 Å². The topological polar surface area (TPSA) is 51.9 Å². The van der Waals surface area contributed by atoms with Crippen molar-refractivity contribution in [3.8, 4) is 18.1 Å². The van der Waals surface area contributed by atoms with Crippen molar-refractivity contribution in [2.24, 2.45) is 5.92 Å². The van der Waals surface area contributed by atoms with E-state index in [2.05, 4.69) is 5.92 Å². The zero-order valence-corrected chi connectivity index (χ0v) is 13.8. The Bertz CT molecular complexity index is 750. The molecule has 0 radical (unpaired) electrons. The Morgan fingerprint density at radius 1 is 1.42 bits per heavy atom. The monoisotopic (exact) mass is 327 g/mol. The standard InChI is InChI=1S/C19H21NO4/c1-3-11-23-13-14-7-9-20(10-8-14)19(21)17-12-15-5-4-6-16(22-2)18(15)24-17/h1,4-6,12,14H,7-11,13H2,2H3. The first-order valence-electron chi connectivity index (χ1n) is 8.10. The van der Waals surface area contributed by atoms with Crippen molar-refractivity contribution < 1.29 is 18.7 Å². The van der Waals surface area contributed by atoms with Crippen molar-refractivity contribution in [2.45, 2.75) is 12.8 Å². The first kappa shape index (κ1) is 16.4. The molecule has 1 saturated heterocycles. The van der Waals surface area contributed by atoms with Crippen molar-refractivity contribution in [1.82, 2.24) is 4.90 Å². The van der Waals surface area contributed by atoms with E-state index in [9.17, 15) is 4.79 Å². The SMILES string of the molecule is C#CCOCC1CCN(C(=O)c2cc3cccc(OC)c3o2)CC1. The van der Waals surface area contributed by atoms with Gasteiger partial charge in [0.2, 0.25) is 0 Å². The van der Waals surface area contributed by atoms with E-state index in [1.807, 2.05) is 23.1 Å². The highest BCUT2D eigenvalue weighted by atomic mass is 16.5. The van der Waals surface area contributed by atoms with Crippen molar-refractivity contribution >= 4 is 16.9 Å². The zero-order valence-electron chi connectivity index (χ0n) is 13.8. The molecule has 0 unspecified atom stereocenters. The van der Waals surface area contributed by atoms with Crippen LogP contribution in [0.3, 0.4) is 0 Å². The Morgan fingerprint density at radius 2 is 2.21 bits per heavy atom. The normalized spacial score (nSPS) is 15.4. The highest BCUT2D eigenvalue weighted by Crippen LogP contribution is 2.29. The van der Waals surface area contributed by atoms with Gasteiger partial charge in [-0.2, -0.15) is 0 Å². The molecular formula is C19H21NO4. The summed E-state index contributed by atoms with van der Waals surface area (Å²) in [5.74, 6) is 3.85. The summed E-state index contributed by atoms with van der Waals surface area (Å²) >= 11 is 0. The second-order valence-corrected chi connectivity index (χ2v) is 5.94. The van der Waals surface area contributed by atoms with Crippen molar-refractivity contribution in [3.05, 3.63) is 30.0 Å². The summed E-state index contributed by atoms with van der Waals surface area (Å²) in [6, 6.07) is 7.39. The number of nitrogens with zero attached hydrogens (tertiary/aromatic N) is 1. The molecule has 0 spiro atoms. The lowest BCUT2D eigenvalue weighted by molar-refractivity contribution is 0.0558. The number of likely N-dealkylation sites (tertiary alicyclic amines) is 1. The molecule has 24 heavy (non-hydrogen) atoms. The Hall–Kier alpha value is -2.45. The summed E-state index contributed by atoms with van der Waals surface area (Å²) in [6.45, 7) is 2.42. The van der Waals surface area contributed by atoms with Crippen LogP contribution < -0.4 is 4.74 Å². The number of piperidine rings is 1. The van der Waals surface area contributed by atoms with E-state index < -0.39 is 0 Å². The van der Waals surface area contributed by atoms with Gasteiger partial charge in [-0.3, -0.25) is 4.79 Å². The van der Waals surface area contributed by atoms with Gasteiger partial charge in [-0.25, -0.2) is 0 Å². The summed E-state index contributed by atoms with van der Waals surface area (Å²) in [4.78, 5) is 14.5. The maximum absolute atomic E-state index is 12.7. The number of benzene rings is 1. The quantitative estimate of drug-likeness (QED) is 0.626. The molecule has 1 aliphatic rings. The molecule has 3 rings (SSSR count). The van der Waals surface area contributed by atoms with E-state index in [1.165, 1.54) is 0 Å². The van der Waals surface area contributed by atoms with Crippen LogP contribution in [0, 0.1) is 18.3 Å². The van der Waals surface area contributed by atoms with Crippen molar-refractivity contribution in [1.29, 1.82) is 0 Å². The number of ether oxygens (including phenoxy) is 2. The minimum atomic E-state index is -0.0729. The molecule has 5 heteroatoms. The molecule has 1 aliphatic heterocycles. The maximum atomic E-state index is 12.7. The van der Waals surface area contributed by atoms with Crippen LogP contribution in [0.4, 0.5) is 0 Å². The Morgan fingerprint density at radius 3 is 2.92 bits per heavy atom. The lowest BCUT2D eigenvalue weighted by Crippen LogP contribution is -2.39. The Kier molecular flexibility index (Phi) is 5.07. The molecule has 2 aromatic rings. The van der Waals surface area contributed by atoms with Gasteiger partial charge in [0.25, 0.3) is 5.91 Å². The number of hydrogen-bond donors (Lipinski definition) is 0. The van der Waals surface area contributed by atoms with Gasteiger partial charge in [0.05, 0.1) is 13.7 Å². The van der Waals surface area contributed by atoms with Gasteiger partial charge in [0, 0.05) is 18.5 Å². The average molecular weight is 327 g/mol. The first-order valence-corrected chi connectivity index (χ1v) is 8.10. The van der Waals surface area contributed by atoms with E-state index in [0.717, 1.165) is 18.2 Å². The third-order valence-electron chi connectivity index (χ3n) is 4.38. The fourth-order valence-corrected chi connectivity index (χ4v) is 3.05. The molecule has 0 N–H and O–H groups in total. The van der Waals surface area contributed by atoms with Gasteiger partial charge >= 0.3 is 0 Å². The van der Waals surface area contributed by atoms with Crippen LogP contribution >= 0.6 is 0 Å². The van der Waals surface area contributed by atoms with Gasteiger partial charge in [-0.05, 0) is 30.9 Å². The summed E-state index contributed by atoms with van der Waals surface area (Å²) in [5.41, 5.74) is 0.612. The van der Waals surface area contributed by atoms with E-state index in [4.69, 9.17) is 20.3 Å². The van der Waals surface area contributed by atoms with Crippen LogP contribution in [0.5, 0.6) is 5.75 Å². The number of para-hydroxylation sites is 1. The minimum Gasteiger partial charge on any atom is -0.493 e. The average Bonchev–Trinajstić information content (AvgIpc) is 3.06. The molecule has 126 valence electrons. The molecule has 0 bridgehead atoms. The van der Waals surface area contributed by atoms with Gasteiger partial charge in [0.15, 0.2) is 17.1 Å². The molecule has 1 amide bonds. The zero-order chi connectivity index (χ0) is 16.9. The molecule has 0 aliphatic carbocycles. The summed E-state index contributed by atoms with van der Waals surface area (Å²) in [7, 11) is 1.59. The smallest absolute Gasteiger partial charge is 0.289 e. The number of carbonyl (C=O) groups excluding carboxylic acids is 1. The Labute approximate surface area is 141 Å². The number of methoxy groups -OCH3 is 1. The fourth-order valence-electron chi connectivity index (χ4n) is 3.05. The first-order chi connectivity index (χ1) is 11.7. The minimum absolute atomic E-state index is 0.0729. The molecule has 0 atom stereocenters. The summed E-state index contributed by atoms with van der Waals surface area (Å²) in [5, 5.41) is 0.871. The molecule has 1 fully saturated rings. The van der Waals surface area contributed by atoms with Crippen LogP contribution in [0.1, 0.15) is 23.4 Å². The number of fused-ring (bicyclic) bond motifs is 1. The molecular weight excluding hydrogens is 306 g/mol. The van der Waals surface area contributed by atoms with Gasteiger partial charge in [-0.1, -0.05) is 18.1 Å². The van der Waals surface area contributed by atoms with Gasteiger partial charge < -0.3 is 18.8 Å². The summed E-state index contributed by atoms with van der Waals surface area (Å²) in [6.07, 6.45) is 7.01. The maximum Gasteiger partial charge on any atom is 0.289 e. The third kappa shape index (κ3) is 3.39. The van der Waals surface area contributed by atoms with Crippen molar-refractivity contribution in [3.63, 3.8) is 0 Å². The number of carbonyl (C=O) groups is 1. The predicted octanol–water partition coefficient (Wildman–Crippen LogP) is 2.94. The third-order valence-corrected chi connectivity index (χ3v) is 4.38. The lowest BCUT2D eigenvalue weighted by atomic mass is 9.97. The van der Waals surface area contributed by atoms with E-state index in [-0.39, 0.29) is 5.91 Å². The number of amides is 1. The predicted molar refractivity (Wildman–Crippen MR) is 91.0 cm³/mol. The lowest BCUT2D eigenvalue weighted by Gasteiger charge is -2.31. The molecule has 5 nitrogen and oxygen atoms in total. The second kappa shape index (κ2) is 7.41. The number of hydrogen-bond acceptors (Lipinski definition) is 4. The van der Waals surface area contributed by atoms with E-state index >= 15 is 0 Å². The number of furan rings is 1. The second-order valence-electron chi connectivity index (χ2n) is 5.94. The highest BCUT2D eigenvalue weighted by Gasteiger charge is 2.26. The van der Waals surface area contributed by atoms with Crippen LogP contribution in [0.25, 0.3) is 11.0 Å². The largest absolute Gasteiger partial charge is 0.493 e. The van der Waals surface area contributed by atoms with E-state index in [0.29, 0.717) is 49.3 Å². The van der Waals surface area contributed by atoms with E-state index in [1.54, 1.807) is 13.2 Å². The highest BCUT2D eigenvalue weighted by molar-refractivity contribution is 5.97. The number of rotatable bonds is 5. The molecule has 2 heterocycles.